The van der Waals surface area contributed by atoms with E-state index in [0.29, 0.717) is 5.92 Å². The van der Waals surface area contributed by atoms with Crippen molar-refractivity contribution in [1.29, 1.82) is 0 Å². The molecule has 5 heteroatoms. The van der Waals surface area contributed by atoms with Gasteiger partial charge >= 0.3 is 6.09 Å². The number of likely N-dealkylation sites (tertiary alicyclic amines) is 1. The van der Waals surface area contributed by atoms with E-state index in [9.17, 15) is 4.79 Å². The number of carbonyl (C=O) groups excluding carboxylic acids is 1. The summed E-state index contributed by atoms with van der Waals surface area (Å²) in [5.41, 5.74) is 3.04. The van der Waals surface area contributed by atoms with E-state index in [4.69, 9.17) is 9.72 Å². The quantitative estimate of drug-likeness (QED) is 0.628. The first-order chi connectivity index (χ1) is 13.9. The van der Waals surface area contributed by atoms with Crippen LogP contribution in [0, 0.1) is 11.3 Å². The largest absolute Gasteiger partial charge is 0.444 e. The van der Waals surface area contributed by atoms with Gasteiger partial charge in [-0.2, -0.15) is 0 Å². The van der Waals surface area contributed by atoms with Crippen LogP contribution in [0.5, 0.6) is 0 Å². The normalized spacial score (nSPS) is 16.1. The van der Waals surface area contributed by atoms with Crippen molar-refractivity contribution in [2.75, 3.05) is 13.1 Å². The second-order valence-electron chi connectivity index (χ2n) is 10.7. The molecule has 1 fully saturated rings. The lowest BCUT2D eigenvalue weighted by Gasteiger charge is -2.34. The summed E-state index contributed by atoms with van der Waals surface area (Å²) in [6, 6.07) is 6.40. The molecular weight excluding hydrogens is 374 g/mol. The predicted molar refractivity (Wildman–Crippen MR) is 124 cm³/mol. The highest BCUT2D eigenvalue weighted by Gasteiger charge is 2.28. The van der Waals surface area contributed by atoms with Crippen LogP contribution in [-0.2, 0) is 17.7 Å². The number of carbonyl (C=O) groups is 1. The Morgan fingerprint density at radius 2 is 1.87 bits per heavy atom. The molecule has 30 heavy (non-hydrogen) atoms. The SMILES string of the molecule is C=Cc1ccc2c(c1)nc(CC(C)(C)C)n2CC1CCN(C(=O)OC(C)(C)C)CC1. The van der Waals surface area contributed by atoms with Gasteiger partial charge in [0.2, 0.25) is 0 Å². The zero-order chi connectivity index (χ0) is 22.1. The Balaban J connectivity index is 1.76. The second kappa shape index (κ2) is 8.44. The first-order valence-corrected chi connectivity index (χ1v) is 11.0. The van der Waals surface area contributed by atoms with Gasteiger partial charge in [0, 0.05) is 26.1 Å². The fraction of sp³-hybridized carbons (Fsp3) is 0.600. The smallest absolute Gasteiger partial charge is 0.410 e. The highest BCUT2D eigenvalue weighted by molar-refractivity contribution is 5.79. The molecule has 0 radical (unpaired) electrons. The van der Waals surface area contributed by atoms with Crippen molar-refractivity contribution in [1.82, 2.24) is 14.5 Å². The van der Waals surface area contributed by atoms with Crippen molar-refractivity contribution in [3.63, 3.8) is 0 Å². The standard InChI is InChI=1S/C25H37N3O2/c1-8-18-9-10-21-20(15-18)26-22(16-24(2,3)4)28(21)17-19-11-13-27(14-12-19)23(29)30-25(5,6)7/h8-10,15,19H,1,11-14,16-17H2,2-7H3. The van der Waals surface area contributed by atoms with Crippen LogP contribution in [0.4, 0.5) is 4.79 Å². The summed E-state index contributed by atoms with van der Waals surface area (Å²) in [4.78, 5) is 19.2. The summed E-state index contributed by atoms with van der Waals surface area (Å²) < 4.78 is 7.94. The lowest BCUT2D eigenvalue weighted by atomic mass is 9.91. The molecule has 3 rings (SSSR count). The van der Waals surface area contributed by atoms with Gasteiger partial charge in [-0.3, -0.25) is 0 Å². The molecule has 2 heterocycles. The van der Waals surface area contributed by atoms with Gasteiger partial charge in [0.05, 0.1) is 11.0 Å². The van der Waals surface area contributed by atoms with Gasteiger partial charge in [0.25, 0.3) is 0 Å². The molecule has 0 aliphatic carbocycles. The number of ether oxygens (including phenoxy) is 1. The molecule has 5 nitrogen and oxygen atoms in total. The number of hydrogen-bond acceptors (Lipinski definition) is 3. The van der Waals surface area contributed by atoms with Crippen molar-refractivity contribution in [2.24, 2.45) is 11.3 Å². The van der Waals surface area contributed by atoms with E-state index in [2.05, 4.69) is 50.1 Å². The number of rotatable bonds is 4. The van der Waals surface area contributed by atoms with Gasteiger partial charge < -0.3 is 14.2 Å². The predicted octanol–water partition coefficient (Wildman–Crippen LogP) is 5.92. The number of aromatic nitrogens is 2. The monoisotopic (exact) mass is 411 g/mol. The Hall–Kier alpha value is -2.30. The van der Waals surface area contributed by atoms with Crippen molar-refractivity contribution in [3.8, 4) is 0 Å². The fourth-order valence-corrected chi connectivity index (χ4v) is 4.02. The zero-order valence-corrected chi connectivity index (χ0v) is 19.5. The first-order valence-electron chi connectivity index (χ1n) is 11.0. The van der Waals surface area contributed by atoms with Crippen LogP contribution in [0.2, 0.25) is 0 Å². The summed E-state index contributed by atoms with van der Waals surface area (Å²) in [7, 11) is 0. The Morgan fingerprint density at radius 3 is 2.43 bits per heavy atom. The van der Waals surface area contributed by atoms with E-state index in [-0.39, 0.29) is 11.5 Å². The van der Waals surface area contributed by atoms with Crippen LogP contribution < -0.4 is 0 Å². The van der Waals surface area contributed by atoms with Gasteiger partial charge in [-0.05, 0) is 62.6 Å². The van der Waals surface area contributed by atoms with Gasteiger partial charge in [-0.25, -0.2) is 9.78 Å². The van der Waals surface area contributed by atoms with Crippen LogP contribution in [0.25, 0.3) is 17.1 Å². The summed E-state index contributed by atoms with van der Waals surface area (Å²) in [6.45, 7) is 18.8. The molecule has 2 aromatic rings. The zero-order valence-electron chi connectivity index (χ0n) is 19.5. The maximum Gasteiger partial charge on any atom is 0.410 e. The van der Waals surface area contributed by atoms with Gasteiger partial charge in [0.15, 0.2) is 0 Å². The van der Waals surface area contributed by atoms with E-state index in [1.807, 2.05) is 31.7 Å². The number of piperidine rings is 1. The second-order valence-corrected chi connectivity index (χ2v) is 10.7. The third-order valence-electron chi connectivity index (χ3n) is 5.48. The molecule has 0 spiro atoms. The number of nitrogens with zero attached hydrogens (tertiary/aromatic N) is 3. The summed E-state index contributed by atoms with van der Waals surface area (Å²) in [6.07, 6.45) is 4.58. The van der Waals surface area contributed by atoms with Crippen LogP contribution in [0.3, 0.4) is 0 Å². The minimum atomic E-state index is -0.449. The summed E-state index contributed by atoms with van der Waals surface area (Å²) >= 11 is 0. The number of hydrogen-bond donors (Lipinski definition) is 0. The van der Waals surface area contributed by atoms with Crippen LogP contribution in [0.15, 0.2) is 24.8 Å². The molecule has 0 bridgehead atoms. The van der Waals surface area contributed by atoms with Crippen molar-refractivity contribution < 1.29 is 9.53 Å². The Labute approximate surface area is 181 Å². The van der Waals surface area contributed by atoms with E-state index in [0.717, 1.165) is 55.8 Å². The summed E-state index contributed by atoms with van der Waals surface area (Å²) in [5.74, 6) is 1.67. The summed E-state index contributed by atoms with van der Waals surface area (Å²) in [5, 5.41) is 0. The number of amides is 1. The molecule has 1 aliphatic rings. The van der Waals surface area contributed by atoms with Gasteiger partial charge in [-0.1, -0.05) is 39.5 Å². The lowest BCUT2D eigenvalue weighted by molar-refractivity contribution is 0.0178. The minimum absolute atomic E-state index is 0.167. The maximum atomic E-state index is 12.4. The van der Waals surface area contributed by atoms with Crippen molar-refractivity contribution in [3.05, 3.63) is 36.2 Å². The molecule has 164 valence electrons. The molecule has 1 saturated heterocycles. The van der Waals surface area contributed by atoms with E-state index in [1.165, 1.54) is 5.52 Å². The highest BCUT2D eigenvalue weighted by atomic mass is 16.6. The molecule has 0 saturated carbocycles. The van der Waals surface area contributed by atoms with E-state index in [1.54, 1.807) is 0 Å². The molecule has 1 aromatic carbocycles. The number of fused-ring (bicyclic) bond motifs is 1. The van der Waals surface area contributed by atoms with Crippen LogP contribution >= 0.6 is 0 Å². The third-order valence-corrected chi connectivity index (χ3v) is 5.48. The average Bonchev–Trinajstić information content (AvgIpc) is 2.95. The van der Waals surface area contributed by atoms with Crippen molar-refractivity contribution in [2.45, 2.75) is 73.0 Å². The van der Waals surface area contributed by atoms with Gasteiger partial charge in [0.1, 0.15) is 11.4 Å². The lowest BCUT2D eigenvalue weighted by Crippen LogP contribution is -2.42. The first kappa shape index (κ1) is 22.4. The topological polar surface area (TPSA) is 47.4 Å². The number of imidazole rings is 1. The molecular formula is C25H37N3O2. The van der Waals surface area contributed by atoms with Crippen LogP contribution in [-0.4, -0.2) is 39.2 Å². The third kappa shape index (κ3) is 5.65. The van der Waals surface area contributed by atoms with E-state index >= 15 is 0 Å². The van der Waals surface area contributed by atoms with Gasteiger partial charge in [-0.15, -0.1) is 0 Å². The number of benzene rings is 1. The molecule has 1 aromatic heterocycles. The average molecular weight is 412 g/mol. The Bertz CT molecular complexity index is 907. The Morgan fingerprint density at radius 1 is 1.20 bits per heavy atom. The van der Waals surface area contributed by atoms with E-state index < -0.39 is 5.60 Å². The van der Waals surface area contributed by atoms with Crippen LogP contribution in [0.1, 0.15) is 65.8 Å². The fourth-order valence-electron chi connectivity index (χ4n) is 4.02. The minimum Gasteiger partial charge on any atom is -0.444 e. The van der Waals surface area contributed by atoms with Crippen molar-refractivity contribution >= 4 is 23.2 Å². The molecule has 0 N–H and O–H groups in total. The molecule has 1 amide bonds. The Kier molecular flexibility index (Phi) is 6.30. The molecule has 1 aliphatic heterocycles. The highest BCUT2D eigenvalue weighted by Crippen LogP contribution is 2.28. The molecule has 0 unspecified atom stereocenters. The molecule has 0 atom stereocenters. The maximum absolute atomic E-state index is 12.4.